The van der Waals surface area contributed by atoms with Crippen LogP contribution in [-0.4, -0.2) is 30.9 Å². The number of phenols is 2. The predicted molar refractivity (Wildman–Crippen MR) is 98.9 cm³/mol. The standard InChI is InChI=1S/C19H17N5O3/c1-10-15(17(20)27)16(11-2-6-13(25)7-3-11)24-19(21-10)22-18(23-24)12-4-8-14(26)9-5-12/h2-9,16,25-26H,1H3,(H2,20,27)(H,21,22,23). The maximum Gasteiger partial charge on any atom is 0.248 e. The Labute approximate surface area is 154 Å². The van der Waals surface area contributed by atoms with Gasteiger partial charge in [0, 0.05) is 11.3 Å². The number of allylic oxidation sites excluding steroid dienone is 1. The van der Waals surface area contributed by atoms with Crippen molar-refractivity contribution in [1.29, 1.82) is 0 Å². The number of hydrogen-bond donors (Lipinski definition) is 4. The van der Waals surface area contributed by atoms with Crippen LogP contribution in [0.15, 0.2) is 59.8 Å². The Balaban J connectivity index is 1.87. The molecule has 8 heteroatoms. The van der Waals surface area contributed by atoms with Gasteiger partial charge in [-0.05, 0) is 48.9 Å². The molecule has 0 spiro atoms. The van der Waals surface area contributed by atoms with Crippen molar-refractivity contribution in [2.45, 2.75) is 13.0 Å². The van der Waals surface area contributed by atoms with E-state index in [1.807, 2.05) is 0 Å². The quantitative estimate of drug-likeness (QED) is 0.565. The zero-order valence-electron chi connectivity index (χ0n) is 14.4. The summed E-state index contributed by atoms with van der Waals surface area (Å²) in [6, 6.07) is 12.5. The number of nitrogens with zero attached hydrogens (tertiary/aromatic N) is 3. The second kappa shape index (κ2) is 6.17. The van der Waals surface area contributed by atoms with E-state index in [0.29, 0.717) is 23.0 Å². The highest BCUT2D eigenvalue weighted by Crippen LogP contribution is 2.36. The summed E-state index contributed by atoms with van der Waals surface area (Å²) in [6.07, 6.45) is 0. The molecular formula is C19H17N5O3. The van der Waals surface area contributed by atoms with E-state index in [9.17, 15) is 15.0 Å². The average molecular weight is 363 g/mol. The maximum atomic E-state index is 12.1. The second-order valence-corrected chi connectivity index (χ2v) is 6.27. The maximum absolute atomic E-state index is 12.1. The molecule has 5 N–H and O–H groups in total. The van der Waals surface area contributed by atoms with Gasteiger partial charge in [-0.1, -0.05) is 12.1 Å². The van der Waals surface area contributed by atoms with E-state index in [1.54, 1.807) is 60.1 Å². The van der Waals surface area contributed by atoms with Crippen LogP contribution in [0, 0.1) is 0 Å². The van der Waals surface area contributed by atoms with Gasteiger partial charge in [-0.3, -0.25) is 4.79 Å². The van der Waals surface area contributed by atoms with Gasteiger partial charge < -0.3 is 21.3 Å². The number of nitrogens with one attached hydrogen (secondary N) is 1. The first kappa shape index (κ1) is 16.6. The zero-order valence-corrected chi connectivity index (χ0v) is 14.4. The van der Waals surface area contributed by atoms with Crippen LogP contribution in [0.1, 0.15) is 18.5 Å². The lowest BCUT2D eigenvalue weighted by Gasteiger charge is -2.27. The number of aromatic hydroxyl groups is 2. The van der Waals surface area contributed by atoms with E-state index in [4.69, 9.17) is 5.73 Å². The molecule has 4 rings (SSSR count). The minimum Gasteiger partial charge on any atom is -0.508 e. The third kappa shape index (κ3) is 2.86. The smallest absolute Gasteiger partial charge is 0.248 e. The number of carbonyl (C=O) groups is 1. The summed E-state index contributed by atoms with van der Waals surface area (Å²) in [6.45, 7) is 1.76. The minimum atomic E-state index is -0.572. The molecule has 1 atom stereocenters. The van der Waals surface area contributed by atoms with Crippen LogP contribution in [0.4, 0.5) is 5.95 Å². The highest BCUT2D eigenvalue weighted by molar-refractivity contribution is 5.95. The Morgan fingerprint density at radius 3 is 2.26 bits per heavy atom. The fourth-order valence-corrected chi connectivity index (χ4v) is 3.17. The first-order valence-corrected chi connectivity index (χ1v) is 8.26. The van der Waals surface area contributed by atoms with Gasteiger partial charge in [0.2, 0.25) is 11.9 Å². The lowest BCUT2D eigenvalue weighted by Crippen LogP contribution is -2.31. The van der Waals surface area contributed by atoms with Crippen LogP contribution in [0.5, 0.6) is 11.5 Å². The molecule has 2 heterocycles. The number of hydrogen-bond acceptors (Lipinski definition) is 6. The molecule has 1 aliphatic heterocycles. The monoisotopic (exact) mass is 363 g/mol. The summed E-state index contributed by atoms with van der Waals surface area (Å²) in [7, 11) is 0. The Kier molecular flexibility index (Phi) is 3.80. The van der Waals surface area contributed by atoms with Crippen molar-refractivity contribution in [2.24, 2.45) is 5.73 Å². The largest absolute Gasteiger partial charge is 0.508 e. The van der Waals surface area contributed by atoms with Crippen LogP contribution in [0.2, 0.25) is 0 Å². The van der Waals surface area contributed by atoms with Gasteiger partial charge in [0.1, 0.15) is 17.5 Å². The number of phenolic OH excluding ortho intramolecular Hbond substituents is 2. The number of amides is 1. The van der Waals surface area contributed by atoms with Crippen molar-refractivity contribution in [3.05, 3.63) is 65.4 Å². The molecule has 8 nitrogen and oxygen atoms in total. The Morgan fingerprint density at radius 1 is 1.07 bits per heavy atom. The zero-order chi connectivity index (χ0) is 19.1. The van der Waals surface area contributed by atoms with E-state index in [0.717, 1.165) is 11.1 Å². The van der Waals surface area contributed by atoms with E-state index in [-0.39, 0.29) is 11.5 Å². The van der Waals surface area contributed by atoms with Crippen molar-refractivity contribution in [2.75, 3.05) is 5.32 Å². The van der Waals surface area contributed by atoms with Crippen LogP contribution in [0.3, 0.4) is 0 Å². The summed E-state index contributed by atoms with van der Waals surface area (Å²) in [5.74, 6) is 0.623. The molecule has 0 saturated carbocycles. The molecule has 0 saturated heterocycles. The number of aromatic nitrogens is 3. The van der Waals surface area contributed by atoms with Crippen LogP contribution in [-0.2, 0) is 4.79 Å². The number of fused-ring (bicyclic) bond motifs is 1. The molecule has 1 aromatic heterocycles. The molecule has 1 amide bonds. The van der Waals surface area contributed by atoms with Crippen molar-refractivity contribution >= 4 is 11.9 Å². The number of anilines is 1. The normalized spacial score (nSPS) is 16.0. The third-order valence-corrected chi connectivity index (χ3v) is 4.45. The molecule has 1 aliphatic rings. The summed E-state index contributed by atoms with van der Waals surface area (Å²) in [5.41, 5.74) is 8.06. The van der Waals surface area contributed by atoms with Crippen molar-refractivity contribution in [3.8, 4) is 22.9 Å². The van der Waals surface area contributed by atoms with Crippen molar-refractivity contribution in [3.63, 3.8) is 0 Å². The molecule has 136 valence electrons. The number of nitrogens with two attached hydrogens (primary N) is 1. The molecule has 1 unspecified atom stereocenters. The van der Waals surface area contributed by atoms with Crippen LogP contribution >= 0.6 is 0 Å². The molecule has 3 aromatic rings. The summed E-state index contributed by atoms with van der Waals surface area (Å²) < 4.78 is 1.60. The highest BCUT2D eigenvalue weighted by Gasteiger charge is 2.33. The first-order chi connectivity index (χ1) is 12.9. The van der Waals surface area contributed by atoms with Gasteiger partial charge in [-0.15, -0.1) is 5.10 Å². The van der Waals surface area contributed by atoms with E-state index < -0.39 is 11.9 Å². The van der Waals surface area contributed by atoms with Gasteiger partial charge in [0.25, 0.3) is 0 Å². The van der Waals surface area contributed by atoms with Crippen LogP contribution in [0.25, 0.3) is 11.4 Å². The SMILES string of the molecule is CC1=C(C(N)=O)C(c2ccc(O)cc2)n2nc(-c3ccc(O)cc3)nc2N1. The molecule has 2 aromatic carbocycles. The topological polar surface area (TPSA) is 126 Å². The van der Waals surface area contributed by atoms with Crippen LogP contribution < -0.4 is 11.1 Å². The van der Waals surface area contributed by atoms with Crippen molar-refractivity contribution < 1.29 is 15.0 Å². The minimum absolute atomic E-state index is 0.123. The van der Waals surface area contributed by atoms with Gasteiger partial charge >= 0.3 is 0 Å². The van der Waals surface area contributed by atoms with E-state index in [1.165, 1.54) is 0 Å². The Bertz CT molecular complexity index is 1050. The van der Waals surface area contributed by atoms with Gasteiger partial charge in [-0.25, -0.2) is 4.68 Å². The number of primary amides is 1. The van der Waals surface area contributed by atoms with E-state index in [2.05, 4.69) is 15.4 Å². The number of benzene rings is 2. The fraction of sp³-hybridized carbons (Fsp3) is 0.105. The predicted octanol–water partition coefficient (Wildman–Crippen LogP) is 2.13. The lowest BCUT2D eigenvalue weighted by molar-refractivity contribution is -0.115. The Morgan fingerprint density at radius 2 is 1.67 bits per heavy atom. The molecular weight excluding hydrogens is 346 g/mol. The molecule has 0 radical (unpaired) electrons. The van der Waals surface area contributed by atoms with E-state index >= 15 is 0 Å². The molecule has 0 fully saturated rings. The van der Waals surface area contributed by atoms with Gasteiger partial charge in [-0.2, -0.15) is 4.98 Å². The number of carbonyl (C=O) groups excluding carboxylic acids is 1. The summed E-state index contributed by atoms with van der Waals surface area (Å²) in [4.78, 5) is 16.6. The molecule has 27 heavy (non-hydrogen) atoms. The van der Waals surface area contributed by atoms with Crippen molar-refractivity contribution in [1.82, 2.24) is 14.8 Å². The molecule has 0 bridgehead atoms. The summed E-state index contributed by atoms with van der Waals surface area (Å²) >= 11 is 0. The molecule has 0 aliphatic carbocycles. The number of rotatable bonds is 3. The Hall–Kier alpha value is -3.81. The first-order valence-electron chi connectivity index (χ1n) is 8.26. The summed E-state index contributed by atoms with van der Waals surface area (Å²) in [5, 5.41) is 26.7. The highest BCUT2D eigenvalue weighted by atomic mass is 16.3. The lowest BCUT2D eigenvalue weighted by atomic mass is 9.95. The van der Waals surface area contributed by atoms with Gasteiger partial charge in [0.05, 0.1) is 5.57 Å². The fourth-order valence-electron chi connectivity index (χ4n) is 3.17. The second-order valence-electron chi connectivity index (χ2n) is 6.27. The van der Waals surface area contributed by atoms with Gasteiger partial charge in [0.15, 0.2) is 5.82 Å². The average Bonchev–Trinajstić information content (AvgIpc) is 3.05. The third-order valence-electron chi connectivity index (χ3n) is 4.45.